The maximum atomic E-state index is 13.8. The Hall–Kier alpha value is -2.95. The van der Waals surface area contributed by atoms with Gasteiger partial charge in [-0.3, -0.25) is 0 Å². The van der Waals surface area contributed by atoms with Crippen molar-refractivity contribution in [2.75, 3.05) is 11.9 Å². The van der Waals surface area contributed by atoms with Crippen LogP contribution in [-0.2, 0) is 0 Å². The molecule has 0 aliphatic rings. The lowest BCUT2D eigenvalue weighted by molar-refractivity contribution is 0.340. The van der Waals surface area contributed by atoms with Crippen molar-refractivity contribution in [3.05, 3.63) is 36.0 Å². The van der Waals surface area contributed by atoms with Crippen molar-refractivity contribution in [1.82, 2.24) is 20.6 Å². The van der Waals surface area contributed by atoms with Crippen LogP contribution in [0.1, 0.15) is 12.7 Å². The second-order valence-corrected chi connectivity index (χ2v) is 3.60. The Kier molecular flexibility index (Phi) is 4.24. The Labute approximate surface area is 114 Å². The Balaban J connectivity index is 2.28. The normalized spacial score (nSPS) is 10.9. The fraction of sp³-hybridized carbons (Fsp3) is 0.167. The first-order valence-corrected chi connectivity index (χ1v) is 5.78. The number of rotatable bonds is 5. The molecule has 0 unspecified atom stereocenters. The molecule has 8 heteroatoms. The van der Waals surface area contributed by atoms with Gasteiger partial charge >= 0.3 is 0 Å². The highest BCUT2D eigenvalue weighted by Gasteiger charge is 2.10. The van der Waals surface area contributed by atoms with E-state index in [9.17, 15) is 4.39 Å². The Morgan fingerprint density at radius 1 is 1.60 bits per heavy atom. The standard InChI is InChI=1S/C12H11FN6O/c1-2-20-10-5-3-4-9(13)11(10)15-7-8(6-14)12-16-18-19-17-12/h3-5,7,15H,2H2,1H3,(H,16,17,18,19). The third kappa shape index (κ3) is 2.89. The van der Waals surface area contributed by atoms with Crippen LogP contribution < -0.4 is 10.1 Å². The molecule has 0 aliphatic heterocycles. The summed E-state index contributed by atoms with van der Waals surface area (Å²) in [4.78, 5) is 0. The van der Waals surface area contributed by atoms with Crippen LogP contribution in [0.15, 0.2) is 24.4 Å². The number of aromatic nitrogens is 4. The zero-order chi connectivity index (χ0) is 14.4. The van der Waals surface area contributed by atoms with E-state index in [1.807, 2.05) is 6.07 Å². The van der Waals surface area contributed by atoms with Crippen LogP contribution in [0.25, 0.3) is 5.57 Å². The maximum Gasteiger partial charge on any atom is 0.216 e. The summed E-state index contributed by atoms with van der Waals surface area (Å²) in [5.41, 5.74) is 0.259. The highest BCUT2D eigenvalue weighted by molar-refractivity contribution is 5.75. The zero-order valence-corrected chi connectivity index (χ0v) is 10.6. The third-order valence-corrected chi connectivity index (χ3v) is 2.34. The minimum Gasteiger partial charge on any atom is -0.492 e. The van der Waals surface area contributed by atoms with Crippen molar-refractivity contribution in [3.8, 4) is 11.8 Å². The summed E-state index contributed by atoms with van der Waals surface area (Å²) in [5.74, 6) is -0.0129. The van der Waals surface area contributed by atoms with Crippen molar-refractivity contribution in [3.63, 3.8) is 0 Å². The summed E-state index contributed by atoms with van der Waals surface area (Å²) in [5, 5.41) is 24.7. The van der Waals surface area contributed by atoms with Gasteiger partial charge in [0.25, 0.3) is 0 Å². The summed E-state index contributed by atoms with van der Waals surface area (Å²) < 4.78 is 19.1. The fourth-order valence-corrected chi connectivity index (χ4v) is 1.49. The summed E-state index contributed by atoms with van der Waals surface area (Å²) in [6, 6.07) is 6.36. The molecule has 0 radical (unpaired) electrons. The second kappa shape index (κ2) is 6.29. The molecule has 0 bridgehead atoms. The highest BCUT2D eigenvalue weighted by Crippen LogP contribution is 2.27. The number of anilines is 1. The summed E-state index contributed by atoms with van der Waals surface area (Å²) >= 11 is 0. The Bertz CT molecular complexity index is 646. The first-order chi connectivity index (χ1) is 9.76. The van der Waals surface area contributed by atoms with E-state index < -0.39 is 5.82 Å². The molecule has 1 aromatic carbocycles. The first-order valence-electron chi connectivity index (χ1n) is 5.78. The highest BCUT2D eigenvalue weighted by atomic mass is 19.1. The maximum absolute atomic E-state index is 13.8. The molecule has 2 N–H and O–H groups in total. The number of H-pyrrole nitrogens is 1. The van der Waals surface area contributed by atoms with Crippen LogP contribution in [0.3, 0.4) is 0 Å². The van der Waals surface area contributed by atoms with Crippen molar-refractivity contribution in [2.24, 2.45) is 0 Å². The van der Waals surface area contributed by atoms with E-state index in [2.05, 4.69) is 25.9 Å². The molecule has 0 atom stereocenters. The van der Waals surface area contributed by atoms with Gasteiger partial charge in [0.2, 0.25) is 5.82 Å². The van der Waals surface area contributed by atoms with E-state index in [1.165, 1.54) is 12.3 Å². The number of aromatic amines is 1. The fourth-order valence-electron chi connectivity index (χ4n) is 1.49. The molecule has 0 saturated carbocycles. The van der Waals surface area contributed by atoms with Gasteiger partial charge in [0.1, 0.15) is 28.9 Å². The summed E-state index contributed by atoms with van der Waals surface area (Å²) in [7, 11) is 0. The number of tetrazole rings is 1. The minimum atomic E-state index is -0.488. The molecule has 102 valence electrons. The molecule has 1 aromatic heterocycles. The molecule has 7 nitrogen and oxygen atoms in total. The Morgan fingerprint density at radius 2 is 2.45 bits per heavy atom. The van der Waals surface area contributed by atoms with Crippen molar-refractivity contribution >= 4 is 11.3 Å². The van der Waals surface area contributed by atoms with Gasteiger partial charge in [-0.2, -0.15) is 10.5 Å². The molecular formula is C12H11FN6O. The van der Waals surface area contributed by atoms with Gasteiger partial charge in [0, 0.05) is 6.20 Å². The number of halogens is 1. The number of ether oxygens (including phenoxy) is 1. The Morgan fingerprint density at radius 3 is 3.10 bits per heavy atom. The number of para-hydroxylation sites is 1. The van der Waals surface area contributed by atoms with Gasteiger partial charge in [-0.25, -0.2) is 4.39 Å². The van der Waals surface area contributed by atoms with Crippen molar-refractivity contribution in [1.29, 1.82) is 5.26 Å². The van der Waals surface area contributed by atoms with Crippen LogP contribution in [-0.4, -0.2) is 27.2 Å². The summed E-state index contributed by atoms with van der Waals surface area (Å²) in [6.45, 7) is 2.20. The predicted octanol–water partition coefficient (Wildman–Crippen LogP) is 1.71. The van der Waals surface area contributed by atoms with Gasteiger partial charge in [0.05, 0.1) is 6.61 Å². The topological polar surface area (TPSA) is 99.5 Å². The summed E-state index contributed by atoms with van der Waals surface area (Å²) in [6.07, 6.45) is 1.30. The third-order valence-electron chi connectivity index (χ3n) is 2.34. The second-order valence-electron chi connectivity index (χ2n) is 3.60. The van der Waals surface area contributed by atoms with Gasteiger partial charge in [-0.15, -0.1) is 10.2 Å². The van der Waals surface area contributed by atoms with Gasteiger partial charge < -0.3 is 10.1 Å². The largest absolute Gasteiger partial charge is 0.492 e. The van der Waals surface area contributed by atoms with Gasteiger partial charge in [0.15, 0.2) is 0 Å². The molecule has 0 fully saturated rings. The number of nitriles is 1. The lowest BCUT2D eigenvalue weighted by atomic mass is 10.2. The monoisotopic (exact) mass is 274 g/mol. The number of nitrogens with zero attached hydrogens (tertiary/aromatic N) is 4. The number of benzene rings is 1. The smallest absolute Gasteiger partial charge is 0.216 e. The van der Waals surface area contributed by atoms with Gasteiger partial charge in [-0.05, 0) is 24.3 Å². The molecule has 0 amide bonds. The molecular weight excluding hydrogens is 263 g/mol. The molecule has 20 heavy (non-hydrogen) atoms. The van der Waals surface area contributed by atoms with Crippen LogP contribution in [0.2, 0.25) is 0 Å². The van der Waals surface area contributed by atoms with Gasteiger partial charge in [-0.1, -0.05) is 6.07 Å². The van der Waals surface area contributed by atoms with Crippen LogP contribution in [0.4, 0.5) is 10.1 Å². The van der Waals surface area contributed by atoms with Crippen LogP contribution >= 0.6 is 0 Å². The number of hydrogen-bond acceptors (Lipinski definition) is 6. The lowest BCUT2D eigenvalue weighted by Gasteiger charge is -2.10. The van der Waals surface area contributed by atoms with Crippen molar-refractivity contribution in [2.45, 2.75) is 6.92 Å². The SMILES string of the molecule is CCOc1cccc(F)c1NC=C(C#N)c1nn[nH]n1. The van der Waals surface area contributed by atoms with Crippen molar-refractivity contribution < 1.29 is 9.13 Å². The average molecular weight is 274 g/mol. The van der Waals surface area contributed by atoms with Crippen LogP contribution in [0.5, 0.6) is 5.75 Å². The van der Waals surface area contributed by atoms with Crippen LogP contribution in [0, 0.1) is 17.1 Å². The predicted molar refractivity (Wildman–Crippen MR) is 69.0 cm³/mol. The molecule has 1 heterocycles. The molecule has 2 rings (SSSR count). The lowest BCUT2D eigenvalue weighted by Crippen LogP contribution is -2.00. The van der Waals surface area contributed by atoms with E-state index in [0.29, 0.717) is 12.4 Å². The average Bonchev–Trinajstić information content (AvgIpc) is 2.96. The quantitative estimate of drug-likeness (QED) is 0.805. The number of nitrogens with one attached hydrogen (secondary N) is 2. The van der Waals surface area contributed by atoms with E-state index >= 15 is 0 Å². The molecule has 0 aliphatic carbocycles. The molecule has 0 saturated heterocycles. The molecule has 2 aromatic rings. The van der Waals surface area contributed by atoms with E-state index in [0.717, 1.165) is 0 Å². The first kappa shape index (κ1) is 13.5. The number of hydrogen-bond donors (Lipinski definition) is 2. The van der Waals surface area contributed by atoms with E-state index in [1.54, 1.807) is 19.1 Å². The minimum absolute atomic E-state index is 0.115. The zero-order valence-electron chi connectivity index (χ0n) is 10.6. The van der Waals surface area contributed by atoms with E-state index in [4.69, 9.17) is 10.00 Å². The van der Waals surface area contributed by atoms with E-state index in [-0.39, 0.29) is 17.1 Å². The number of allylic oxidation sites excluding steroid dienone is 1. The molecule has 0 spiro atoms.